The monoisotopic (exact) mass is 137 g/mol. The molecule has 0 saturated carbocycles. The van der Waals surface area contributed by atoms with Crippen molar-refractivity contribution in [3.05, 3.63) is 24.4 Å². The van der Waals surface area contributed by atoms with E-state index in [2.05, 4.69) is 18.5 Å². The Labute approximate surface area is 63.2 Å². The SMILES string of the molecule is C=C/C(C)=C/N=C(C)CC. The Hall–Kier alpha value is -0.850. The van der Waals surface area contributed by atoms with Gasteiger partial charge in [-0.05, 0) is 25.8 Å². The Bertz CT molecular complexity index is 164. The summed E-state index contributed by atoms with van der Waals surface area (Å²) in [6.07, 6.45) is 4.65. The van der Waals surface area contributed by atoms with E-state index in [1.165, 1.54) is 0 Å². The summed E-state index contributed by atoms with van der Waals surface area (Å²) in [5.41, 5.74) is 2.26. The highest BCUT2D eigenvalue weighted by Gasteiger charge is 1.81. The lowest BCUT2D eigenvalue weighted by Gasteiger charge is -1.90. The molecule has 1 heteroatoms. The van der Waals surface area contributed by atoms with Crippen LogP contribution < -0.4 is 0 Å². The molecule has 0 bridgehead atoms. The van der Waals surface area contributed by atoms with Crippen molar-refractivity contribution in [2.24, 2.45) is 4.99 Å². The molecule has 0 aliphatic heterocycles. The number of nitrogens with zero attached hydrogens (tertiary/aromatic N) is 1. The lowest BCUT2D eigenvalue weighted by atomic mass is 10.3. The quantitative estimate of drug-likeness (QED) is 0.419. The molecule has 0 aromatic heterocycles. The van der Waals surface area contributed by atoms with Crippen LogP contribution in [0.3, 0.4) is 0 Å². The average Bonchev–Trinajstić information content (AvgIpc) is 1.99. The first-order valence-electron chi connectivity index (χ1n) is 3.53. The van der Waals surface area contributed by atoms with Gasteiger partial charge >= 0.3 is 0 Å². The van der Waals surface area contributed by atoms with Gasteiger partial charge in [0.25, 0.3) is 0 Å². The molecular weight excluding hydrogens is 122 g/mol. The third kappa shape index (κ3) is 4.07. The van der Waals surface area contributed by atoms with E-state index in [9.17, 15) is 0 Å². The molecule has 0 amide bonds. The van der Waals surface area contributed by atoms with Gasteiger partial charge in [0.05, 0.1) is 0 Å². The number of hydrogen-bond acceptors (Lipinski definition) is 1. The van der Waals surface area contributed by atoms with Crippen LogP contribution in [0.25, 0.3) is 0 Å². The van der Waals surface area contributed by atoms with E-state index in [0.29, 0.717) is 0 Å². The summed E-state index contributed by atoms with van der Waals surface area (Å²) in [6, 6.07) is 0. The first-order chi connectivity index (χ1) is 4.70. The van der Waals surface area contributed by atoms with Crippen LogP contribution >= 0.6 is 0 Å². The molecule has 0 spiro atoms. The molecule has 0 unspecified atom stereocenters. The van der Waals surface area contributed by atoms with Crippen molar-refractivity contribution >= 4 is 5.71 Å². The summed E-state index contributed by atoms with van der Waals surface area (Å²) in [5, 5.41) is 0. The fraction of sp³-hybridized carbons (Fsp3) is 0.444. The Morgan fingerprint density at radius 1 is 1.50 bits per heavy atom. The smallest absolute Gasteiger partial charge is 0.0296 e. The van der Waals surface area contributed by atoms with E-state index in [0.717, 1.165) is 17.7 Å². The van der Waals surface area contributed by atoms with Crippen LogP contribution in [0.5, 0.6) is 0 Å². The zero-order chi connectivity index (χ0) is 7.98. The zero-order valence-electron chi connectivity index (χ0n) is 7.02. The third-order valence-electron chi connectivity index (χ3n) is 1.32. The van der Waals surface area contributed by atoms with Gasteiger partial charge in [-0.1, -0.05) is 19.6 Å². The fourth-order valence-electron chi connectivity index (χ4n) is 0.356. The second-order valence-electron chi connectivity index (χ2n) is 2.30. The second kappa shape index (κ2) is 4.98. The van der Waals surface area contributed by atoms with Crippen molar-refractivity contribution < 1.29 is 0 Å². The topological polar surface area (TPSA) is 12.4 Å². The fourth-order valence-corrected chi connectivity index (χ4v) is 0.356. The summed E-state index contributed by atoms with van der Waals surface area (Å²) in [6.45, 7) is 9.73. The van der Waals surface area contributed by atoms with Crippen LogP contribution in [0.4, 0.5) is 0 Å². The van der Waals surface area contributed by atoms with E-state index in [1.807, 2.05) is 20.0 Å². The Kier molecular flexibility index (Phi) is 4.55. The van der Waals surface area contributed by atoms with E-state index >= 15 is 0 Å². The van der Waals surface area contributed by atoms with Crippen LogP contribution in [-0.4, -0.2) is 5.71 Å². The average molecular weight is 137 g/mol. The molecule has 0 fully saturated rings. The van der Waals surface area contributed by atoms with Crippen LogP contribution in [0.1, 0.15) is 27.2 Å². The maximum atomic E-state index is 4.20. The molecule has 10 heavy (non-hydrogen) atoms. The number of aliphatic imine (C=N–C) groups is 1. The molecule has 0 aromatic carbocycles. The largest absolute Gasteiger partial charge is 0.266 e. The van der Waals surface area contributed by atoms with Gasteiger partial charge in [0.15, 0.2) is 0 Å². The zero-order valence-corrected chi connectivity index (χ0v) is 7.02. The lowest BCUT2D eigenvalue weighted by Crippen LogP contribution is -1.84. The van der Waals surface area contributed by atoms with Gasteiger partial charge in [0.2, 0.25) is 0 Å². The van der Waals surface area contributed by atoms with Crippen LogP contribution in [0, 0.1) is 0 Å². The molecule has 56 valence electrons. The molecule has 1 nitrogen and oxygen atoms in total. The number of rotatable bonds is 3. The minimum atomic E-state index is 1.01. The van der Waals surface area contributed by atoms with E-state index in [4.69, 9.17) is 0 Å². The second-order valence-corrected chi connectivity index (χ2v) is 2.30. The highest BCUT2D eigenvalue weighted by atomic mass is 14.7. The predicted molar refractivity (Wildman–Crippen MR) is 47.4 cm³/mol. The lowest BCUT2D eigenvalue weighted by molar-refractivity contribution is 1.25. The molecule has 0 aromatic rings. The summed E-state index contributed by atoms with van der Waals surface area (Å²) in [4.78, 5) is 4.20. The van der Waals surface area contributed by atoms with Crippen molar-refractivity contribution in [1.82, 2.24) is 0 Å². The first kappa shape index (κ1) is 9.15. The highest BCUT2D eigenvalue weighted by molar-refractivity contribution is 5.82. The summed E-state index contributed by atoms with van der Waals surface area (Å²) < 4.78 is 0. The van der Waals surface area contributed by atoms with Crippen molar-refractivity contribution in [3.63, 3.8) is 0 Å². The third-order valence-corrected chi connectivity index (χ3v) is 1.32. The van der Waals surface area contributed by atoms with E-state index in [-0.39, 0.29) is 0 Å². The molecule has 0 aliphatic rings. The molecule has 0 atom stereocenters. The van der Waals surface area contributed by atoms with Crippen molar-refractivity contribution in [2.45, 2.75) is 27.2 Å². The van der Waals surface area contributed by atoms with Crippen molar-refractivity contribution in [1.29, 1.82) is 0 Å². The maximum absolute atomic E-state index is 4.20. The van der Waals surface area contributed by atoms with Gasteiger partial charge in [-0.25, -0.2) is 0 Å². The van der Waals surface area contributed by atoms with E-state index in [1.54, 1.807) is 6.08 Å². The Morgan fingerprint density at radius 3 is 2.50 bits per heavy atom. The van der Waals surface area contributed by atoms with Gasteiger partial charge in [0.1, 0.15) is 0 Å². The number of hydrogen-bond donors (Lipinski definition) is 0. The normalized spacial score (nSPS) is 13.5. The molecule has 0 radical (unpaired) electrons. The minimum Gasteiger partial charge on any atom is -0.266 e. The Morgan fingerprint density at radius 2 is 2.10 bits per heavy atom. The predicted octanol–water partition coefficient (Wildman–Crippen LogP) is 2.95. The molecule has 0 N–H and O–H groups in total. The summed E-state index contributed by atoms with van der Waals surface area (Å²) in [7, 11) is 0. The van der Waals surface area contributed by atoms with Gasteiger partial charge < -0.3 is 0 Å². The summed E-state index contributed by atoms with van der Waals surface area (Å²) in [5.74, 6) is 0. The highest BCUT2D eigenvalue weighted by Crippen LogP contribution is 1.94. The molecule has 0 rings (SSSR count). The van der Waals surface area contributed by atoms with Crippen molar-refractivity contribution in [2.75, 3.05) is 0 Å². The van der Waals surface area contributed by atoms with Gasteiger partial charge in [0, 0.05) is 11.9 Å². The van der Waals surface area contributed by atoms with Crippen LogP contribution in [-0.2, 0) is 0 Å². The Balaban J connectivity index is 4.03. The van der Waals surface area contributed by atoms with Crippen LogP contribution in [0.2, 0.25) is 0 Å². The maximum Gasteiger partial charge on any atom is 0.0296 e. The standard InChI is InChI=1S/C9H15N/c1-5-8(3)7-10-9(4)6-2/h5,7H,1,6H2,2-4H3/b8-7+,10-9?. The van der Waals surface area contributed by atoms with Crippen molar-refractivity contribution in [3.8, 4) is 0 Å². The van der Waals surface area contributed by atoms with Crippen LogP contribution in [0.15, 0.2) is 29.4 Å². The molecule has 0 heterocycles. The van der Waals surface area contributed by atoms with E-state index < -0.39 is 0 Å². The number of allylic oxidation sites excluding steroid dienone is 2. The van der Waals surface area contributed by atoms with Gasteiger partial charge in [-0.15, -0.1) is 0 Å². The molecule has 0 aliphatic carbocycles. The van der Waals surface area contributed by atoms with Gasteiger partial charge in [-0.3, -0.25) is 4.99 Å². The molecular formula is C9H15N. The summed E-state index contributed by atoms with van der Waals surface area (Å²) >= 11 is 0. The molecule has 0 saturated heterocycles. The first-order valence-corrected chi connectivity index (χ1v) is 3.53. The van der Waals surface area contributed by atoms with Gasteiger partial charge in [-0.2, -0.15) is 0 Å². The minimum absolute atomic E-state index is 1.01.